The Labute approximate surface area is 193 Å². The molecule has 2 heterocycles. The predicted octanol–water partition coefficient (Wildman–Crippen LogP) is 4.91. The lowest BCUT2D eigenvalue weighted by Gasteiger charge is -2.20. The van der Waals surface area contributed by atoms with E-state index in [1.165, 1.54) is 6.07 Å². The lowest BCUT2D eigenvalue weighted by molar-refractivity contribution is 0.0996. The van der Waals surface area contributed by atoms with Crippen LogP contribution in [0.1, 0.15) is 28.2 Å². The standard InChI is InChI=1S/C24H17F2N3O4S/c1-34(31,32)17-6-4-5-14(11-17)18-7-2-3-8-20(18)29-13-16-10-9-15(12-19(16)24(29)30)22-27-28-23(33-22)21(25)26/h2-12,21H,13H2,1H3. The number of rotatable bonds is 5. The average molecular weight is 481 g/mol. The first-order chi connectivity index (χ1) is 16.2. The zero-order valence-electron chi connectivity index (χ0n) is 17.8. The summed E-state index contributed by atoms with van der Waals surface area (Å²) in [6.07, 6.45) is -1.74. The van der Waals surface area contributed by atoms with Crippen LogP contribution in [0.4, 0.5) is 14.5 Å². The molecule has 0 spiro atoms. The van der Waals surface area contributed by atoms with Crippen LogP contribution in [0.2, 0.25) is 0 Å². The van der Waals surface area contributed by atoms with Crippen LogP contribution in [0.5, 0.6) is 0 Å². The molecule has 0 N–H and O–H groups in total. The number of halogens is 2. The summed E-state index contributed by atoms with van der Waals surface area (Å²) in [5.74, 6) is -1.16. The van der Waals surface area contributed by atoms with Crippen molar-refractivity contribution in [2.75, 3.05) is 11.2 Å². The van der Waals surface area contributed by atoms with E-state index in [1.807, 2.05) is 12.1 Å². The van der Waals surface area contributed by atoms with Crippen LogP contribution in [0.25, 0.3) is 22.6 Å². The minimum Gasteiger partial charge on any atom is -0.415 e. The highest BCUT2D eigenvalue weighted by Crippen LogP contribution is 2.37. The molecule has 10 heteroatoms. The number of carbonyl (C=O) groups is 1. The smallest absolute Gasteiger partial charge is 0.314 e. The minimum absolute atomic E-state index is 0.0951. The number of nitrogens with zero attached hydrogens (tertiary/aromatic N) is 3. The van der Waals surface area contributed by atoms with Gasteiger partial charge in [-0.2, -0.15) is 8.78 Å². The summed E-state index contributed by atoms with van der Waals surface area (Å²) in [5, 5.41) is 6.98. The van der Waals surface area contributed by atoms with Crippen LogP contribution < -0.4 is 4.90 Å². The maximum Gasteiger partial charge on any atom is 0.314 e. The zero-order chi connectivity index (χ0) is 24.0. The Morgan fingerprint density at radius 3 is 2.47 bits per heavy atom. The molecule has 3 aromatic carbocycles. The molecule has 0 bridgehead atoms. The third kappa shape index (κ3) is 3.86. The summed E-state index contributed by atoms with van der Waals surface area (Å²) in [6, 6.07) is 18.7. The first kappa shape index (κ1) is 21.9. The second kappa shape index (κ2) is 8.14. The highest BCUT2D eigenvalue weighted by atomic mass is 32.2. The minimum atomic E-state index is -3.40. The molecule has 0 unspecified atom stereocenters. The van der Waals surface area contributed by atoms with Crippen molar-refractivity contribution in [3.05, 3.63) is 83.7 Å². The molecule has 1 aliphatic heterocycles. The van der Waals surface area contributed by atoms with E-state index in [9.17, 15) is 22.0 Å². The van der Waals surface area contributed by atoms with E-state index in [-0.39, 0.29) is 16.7 Å². The number of amides is 1. The molecule has 4 aromatic rings. The molecule has 172 valence electrons. The molecule has 1 amide bonds. The second-order valence-corrected chi connectivity index (χ2v) is 9.84. The van der Waals surface area contributed by atoms with Crippen molar-refractivity contribution in [2.24, 2.45) is 0 Å². The predicted molar refractivity (Wildman–Crippen MR) is 120 cm³/mol. The van der Waals surface area contributed by atoms with Gasteiger partial charge >= 0.3 is 6.43 Å². The Balaban J connectivity index is 1.52. The van der Waals surface area contributed by atoms with Gasteiger partial charge in [0, 0.05) is 22.9 Å². The molecule has 7 nitrogen and oxygen atoms in total. The molecular weight excluding hydrogens is 464 g/mol. The zero-order valence-corrected chi connectivity index (χ0v) is 18.6. The molecule has 0 saturated carbocycles. The Hall–Kier alpha value is -3.92. The fourth-order valence-corrected chi connectivity index (χ4v) is 4.58. The van der Waals surface area contributed by atoms with Gasteiger partial charge in [-0.05, 0) is 41.5 Å². The first-order valence-electron chi connectivity index (χ1n) is 10.2. The van der Waals surface area contributed by atoms with Crippen molar-refractivity contribution in [3.8, 4) is 22.6 Å². The molecular formula is C24H17F2N3O4S. The fraction of sp³-hybridized carbons (Fsp3) is 0.125. The first-order valence-corrected chi connectivity index (χ1v) is 12.1. The highest BCUT2D eigenvalue weighted by molar-refractivity contribution is 7.90. The van der Waals surface area contributed by atoms with Gasteiger partial charge in [-0.1, -0.05) is 36.4 Å². The Morgan fingerprint density at radius 1 is 0.941 bits per heavy atom. The second-order valence-electron chi connectivity index (χ2n) is 7.83. The fourth-order valence-electron chi connectivity index (χ4n) is 3.92. The SMILES string of the molecule is CS(=O)(=O)c1cccc(-c2ccccc2N2Cc3ccc(-c4nnc(C(F)F)o4)cc3C2=O)c1. The van der Waals surface area contributed by atoms with Gasteiger partial charge in [-0.3, -0.25) is 4.79 Å². The largest absolute Gasteiger partial charge is 0.415 e. The lowest BCUT2D eigenvalue weighted by Crippen LogP contribution is -2.23. The molecule has 0 atom stereocenters. The summed E-state index contributed by atoms with van der Waals surface area (Å²) >= 11 is 0. The number of sulfone groups is 1. The summed E-state index contributed by atoms with van der Waals surface area (Å²) < 4.78 is 54.6. The Kier molecular flexibility index (Phi) is 5.24. The number of para-hydroxylation sites is 1. The molecule has 5 rings (SSSR count). The third-order valence-corrected chi connectivity index (χ3v) is 6.67. The summed E-state index contributed by atoms with van der Waals surface area (Å²) in [5.41, 5.74) is 3.49. The van der Waals surface area contributed by atoms with E-state index >= 15 is 0 Å². The van der Waals surface area contributed by atoms with Crippen LogP contribution in [0.15, 0.2) is 76.0 Å². The van der Waals surface area contributed by atoms with Gasteiger partial charge in [0.05, 0.1) is 17.1 Å². The number of anilines is 1. The molecule has 0 aliphatic carbocycles. The van der Waals surface area contributed by atoms with Crippen molar-refractivity contribution in [3.63, 3.8) is 0 Å². The summed E-state index contributed by atoms with van der Waals surface area (Å²) in [6.45, 7) is 0.295. The Morgan fingerprint density at radius 2 is 1.74 bits per heavy atom. The lowest BCUT2D eigenvalue weighted by atomic mass is 10.0. The van der Waals surface area contributed by atoms with Crippen molar-refractivity contribution in [1.82, 2.24) is 10.2 Å². The molecule has 0 radical (unpaired) electrons. The van der Waals surface area contributed by atoms with Crippen molar-refractivity contribution < 1.29 is 26.4 Å². The van der Waals surface area contributed by atoms with E-state index in [0.29, 0.717) is 34.5 Å². The molecule has 1 aliphatic rings. The van der Waals surface area contributed by atoms with Gasteiger partial charge in [0.25, 0.3) is 11.8 Å². The number of alkyl halides is 2. The maximum absolute atomic E-state index is 13.3. The van der Waals surface area contributed by atoms with Crippen LogP contribution >= 0.6 is 0 Å². The number of aromatic nitrogens is 2. The average Bonchev–Trinajstić information content (AvgIpc) is 3.44. The number of hydrogen-bond donors (Lipinski definition) is 0. The highest BCUT2D eigenvalue weighted by Gasteiger charge is 2.31. The molecule has 34 heavy (non-hydrogen) atoms. The van der Waals surface area contributed by atoms with Crippen molar-refractivity contribution >= 4 is 21.4 Å². The summed E-state index contributed by atoms with van der Waals surface area (Å²) in [4.78, 5) is 15.1. The quantitative estimate of drug-likeness (QED) is 0.402. The van der Waals surface area contributed by atoms with Crippen molar-refractivity contribution in [1.29, 1.82) is 0 Å². The van der Waals surface area contributed by atoms with E-state index in [0.717, 1.165) is 11.8 Å². The van der Waals surface area contributed by atoms with Gasteiger partial charge in [-0.15, -0.1) is 10.2 Å². The molecule has 1 aromatic heterocycles. The number of hydrogen-bond acceptors (Lipinski definition) is 6. The summed E-state index contributed by atoms with van der Waals surface area (Å²) in [7, 11) is -3.40. The topological polar surface area (TPSA) is 93.4 Å². The van der Waals surface area contributed by atoms with Crippen LogP contribution in [0, 0.1) is 0 Å². The van der Waals surface area contributed by atoms with E-state index in [2.05, 4.69) is 10.2 Å². The number of fused-ring (bicyclic) bond motifs is 1. The molecule has 0 fully saturated rings. The molecule has 0 saturated heterocycles. The van der Waals surface area contributed by atoms with Crippen molar-refractivity contribution in [2.45, 2.75) is 17.9 Å². The van der Waals surface area contributed by atoms with Gasteiger partial charge in [-0.25, -0.2) is 8.42 Å². The number of benzene rings is 3. The van der Waals surface area contributed by atoms with Gasteiger partial charge in [0.2, 0.25) is 5.89 Å². The van der Waals surface area contributed by atoms with E-state index < -0.39 is 22.2 Å². The van der Waals surface area contributed by atoms with Gasteiger partial charge < -0.3 is 9.32 Å². The number of carbonyl (C=O) groups excluding carboxylic acids is 1. The van der Waals surface area contributed by atoms with Gasteiger partial charge in [0.1, 0.15) is 0 Å². The maximum atomic E-state index is 13.3. The van der Waals surface area contributed by atoms with Crippen LogP contribution in [-0.2, 0) is 16.4 Å². The van der Waals surface area contributed by atoms with E-state index in [1.54, 1.807) is 53.4 Å². The van der Waals surface area contributed by atoms with E-state index in [4.69, 9.17) is 4.42 Å². The third-order valence-electron chi connectivity index (χ3n) is 5.56. The van der Waals surface area contributed by atoms with Gasteiger partial charge in [0.15, 0.2) is 9.84 Å². The van der Waals surface area contributed by atoms with Crippen LogP contribution in [0.3, 0.4) is 0 Å². The van der Waals surface area contributed by atoms with Crippen LogP contribution in [-0.4, -0.2) is 30.8 Å². The Bertz CT molecular complexity index is 1530. The normalized spacial score (nSPS) is 13.5. The monoisotopic (exact) mass is 481 g/mol.